The van der Waals surface area contributed by atoms with Gasteiger partial charge in [-0.05, 0) is 52.4 Å². The van der Waals surface area contributed by atoms with Crippen LogP contribution >= 0.6 is 0 Å². The van der Waals surface area contributed by atoms with Gasteiger partial charge >= 0.3 is 0 Å². The van der Waals surface area contributed by atoms with Gasteiger partial charge in [-0.2, -0.15) is 0 Å². The third-order valence-corrected chi connectivity index (χ3v) is 3.72. The number of rotatable bonds is 11. The third kappa shape index (κ3) is 8.22. The number of hydrogen-bond donors (Lipinski definition) is 2. The molecule has 0 aromatic carbocycles. The Morgan fingerprint density at radius 2 is 1.68 bits per heavy atom. The molecule has 2 N–H and O–H groups in total. The van der Waals surface area contributed by atoms with Crippen molar-refractivity contribution in [1.29, 1.82) is 0 Å². The van der Waals surface area contributed by atoms with Crippen molar-refractivity contribution in [3.05, 3.63) is 0 Å². The molecular formula is C15H33N3O. The molecule has 114 valence electrons. The van der Waals surface area contributed by atoms with E-state index in [1.54, 1.807) is 0 Å². The Labute approximate surface area is 119 Å². The lowest BCUT2D eigenvalue weighted by molar-refractivity contribution is -0.123. The molecule has 19 heavy (non-hydrogen) atoms. The first-order chi connectivity index (χ1) is 9.08. The first kappa shape index (κ1) is 18.4. The van der Waals surface area contributed by atoms with Crippen LogP contribution in [0.1, 0.15) is 53.9 Å². The standard InChI is InChI=1S/C15H33N3O/c1-6-14(7-2)17-15(19)13(5)16-11-10-12-18(8-3)9-4/h13-14,16H,6-12H2,1-5H3,(H,17,19). The lowest BCUT2D eigenvalue weighted by Gasteiger charge is -2.21. The van der Waals surface area contributed by atoms with Crippen molar-refractivity contribution >= 4 is 5.91 Å². The molecule has 1 atom stereocenters. The summed E-state index contributed by atoms with van der Waals surface area (Å²) in [4.78, 5) is 14.3. The van der Waals surface area contributed by atoms with Crippen LogP contribution in [0.15, 0.2) is 0 Å². The summed E-state index contributed by atoms with van der Waals surface area (Å²) in [5, 5.41) is 6.38. The summed E-state index contributed by atoms with van der Waals surface area (Å²) in [5.74, 6) is 0.122. The van der Waals surface area contributed by atoms with E-state index in [2.05, 4.69) is 43.2 Å². The quantitative estimate of drug-likeness (QED) is 0.565. The van der Waals surface area contributed by atoms with Gasteiger partial charge in [-0.1, -0.05) is 27.7 Å². The predicted octanol–water partition coefficient (Wildman–Crippen LogP) is 2.00. The van der Waals surface area contributed by atoms with E-state index in [0.717, 1.165) is 45.4 Å². The van der Waals surface area contributed by atoms with Gasteiger partial charge in [0.2, 0.25) is 5.91 Å². The van der Waals surface area contributed by atoms with E-state index in [-0.39, 0.29) is 11.9 Å². The summed E-state index contributed by atoms with van der Waals surface area (Å²) in [6.45, 7) is 14.7. The molecule has 0 aromatic heterocycles. The number of amides is 1. The second kappa shape index (κ2) is 11.2. The summed E-state index contributed by atoms with van der Waals surface area (Å²) in [6.07, 6.45) is 3.08. The maximum absolute atomic E-state index is 11.9. The van der Waals surface area contributed by atoms with Crippen molar-refractivity contribution in [3.63, 3.8) is 0 Å². The normalized spacial score (nSPS) is 13.0. The highest BCUT2D eigenvalue weighted by atomic mass is 16.2. The van der Waals surface area contributed by atoms with Gasteiger partial charge in [-0.3, -0.25) is 4.79 Å². The molecule has 0 aromatic rings. The van der Waals surface area contributed by atoms with Crippen LogP contribution in [0.5, 0.6) is 0 Å². The molecule has 0 bridgehead atoms. The number of nitrogens with zero attached hydrogens (tertiary/aromatic N) is 1. The Bertz CT molecular complexity index is 225. The molecule has 4 nitrogen and oxygen atoms in total. The zero-order valence-electron chi connectivity index (χ0n) is 13.5. The van der Waals surface area contributed by atoms with Crippen molar-refractivity contribution in [3.8, 4) is 0 Å². The Morgan fingerprint density at radius 1 is 1.11 bits per heavy atom. The monoisotopic (exact) mass is 271 g/mol. The second-order valence-corrected chi connectivity index (χ2v) is 5.08. The van der Waals surface area contributed by atoms with Crippen LogP contribution in [0.25, 0.3) is 0 Å². The Morgan fingerprint density at radius 3 is 2.16 bits per heavy atom. The molecular weight excluding hydrogens is 238 g/mol. The first-order valence-corrected chi connectivity index (χ1v) is 7.84. The predicted molar refractivity (Wildman–Crippen MR) is 82.4 cm³/mol. The summed E-state index contributed by atoms with van der Waals surface area (Å²) in [7, 11) is 0. The third-order valence-electron chi connectivity index (χ3n) is 3.72. The van der Waals surface area contributed by atoms with Crippen LogP contribution in [0.2, 0.25) is 0 Å². The molecule has 1 unspecified atom stereocenters. The molecule has 0 saturated heterocycles. The molecule has 4 heteroatoms. The molecule has 0 aliphatic carbocycles. The van der Waals surface area contributed by atoms with Crippen molar-refractivity contribution in [2.75, 3.05) is 26.2 Å². The van der Waals surface area contributed by atoms with Gasteiger partial charge in [0.15, 0.2) is 0 Å². The van der Waals surface area contributed by atoms with Gasteiger partial charge in [0.05, 0.1) is 6.04 Å². The molecule has 0 rings (SSSR count). The molecule has 0 radical (unpaired) electrons. The van der Waals surface area contributed by atoms with Gasteiger partial charge in [0.25, 0.3) is 0 Å². The van der Waals surface area contributed by atoms with Crippen molar-refractivity contribution in [1.82, 2.24) is 15.5 Å². The SMILES string of the molecule is CCC(CC)NC(=O)C(C)NCCCN(CC)CC. The van der Waals surface area contributed by atoms with Gasteiger partial charge in [0, 0.05) is 6.04 Å². The minimum absolute atomic E-state index is 0.0997. The highest BCUT2D eigenvalue weighted by Gasteiger charge is 2.14. The first-order valence-electron chi connectivity index (χ1n) is 7.84. The molecule has 1 amide bonds. The van der Waals surface area contributed by atoms with Crippen molar-refractivity contribution < 1.29 is 4.79 Å². The molecule has 0 aliphatic rings. The van der Waals surface area contributed by atoms with Gasteiger partial charge in [-0.15, -0.1) is 0 Å². The van der Waals surface area contributed by atoms with E-state index in [1.165, 1.54) is 0 Å². The molecule has 0 heterocycles. The average Bonchev–Trinajstić information content (AvgIpc) is 2.44. The molecule has 0 spiro atoms. The van der Waals surface area contributed by atoms with Crippen LogP contribution in [0, 0.1) is 0 Å². The smallest absolute Gasteiger partial charge is 0.237 e. The van der Waals surface area contributed by atoms with Crippen LogP contribution in [0.3, 0.4) is 0 Å². The van der Waals surface area contributed by atoms with Crippen LogP contribution < -0.4 is 10.6 Å². The number of carbonyl (C=O) groups is 1. The summed E-state index contributed by atoms with van der Waals surface area (Å²) in [5.41, 5.74) is 0. The summed E-state index contributed by atoms with van der Waals surface area (Å²) < 4.78 is 0. The largest absolute Gasteiger partial charge is 0.352 e. The maximum Gasteiger partial charge on any atom is 0.237 e. The van der Waals surface area contributed by atoms with E-state index in [4.69, 9.17) is 0 Å². The van der Waals surface area contributed by atoms with E-state index < -0.39 is 0 Å². The number of carbonyl (C=O) groups excluding carboxylic acids is 1. The molecule has 0 aliphatic heterocycles. The Hall–Kier alpha value is -0.610. The lowest BCUT2D eigenvalue weighted by Crippen LogP contribution is -2.46. The van der Waals surface area contributed by atoms with E-state index in [0.29, 0.717) is 6.04 Å². The highest BCUT2D eigenvalue weighted by Crippen LogP contribution is 1.97. The van der Waals surface area contributed by atoms with Gasteiger partial charge in [-0.25, -0.2) is 0 Å². The fourth-order valence-electron chi connectivity index (χ4n) is 2.07. The van der Waals surface area contributed by atoms with Crippen LogP contribution in [0.4, 0.5) is 0 Å². The summed E-state index contributed by atoms with van der Waals surface area (Å²) in [6, 6.07) is 0.213. The fourth-order valence-corrected chi connectivity index (χ4v) is 2.07. The van der Waals surface area contributed by atoms with Crippen LogP contribution in [-0.2, 0) is 4.79 Å². The molecule has 0 fully saturated rings. The number of hydrogen-bond acceptors (Lipinski definition) is 3. The van der Waals surface area contributed by atoms with E-state index in [9.17, 15) is 4.79 Å². The summed E-state index contributed by atoms with van der Waals surface area (Å²) >= 11 is 0. The Kier molecular flexibility index (Phi) is 10.9. The Balaban J connectivity index is 3.78. The zero-order valence-corrected chi connectivity index (χ0v) is 13.5. The van der Waals surface area contributed by atoms with Crippen LogP contribution in [-0.4, -0.2) is 49.1 Å². The highest BCUT2D eigenvalue weighted by molar-refractivity contribution is 5.81. The van der Waals surface area contributed by atoms with Gasteiger partial charge < -0.3 is 15.5 Å². The van der Waals surface area contributed by atoms with Gasteiger partial charge in [0.1, 0.15) is 0 Å². The second-order valence-electron chi connectivity index (χ2n) is 5.08. The van der Waals surface area contributed by atoms with E-state index >= 15 is 0 Å². The van der Waals surface area contributed by atoms with Crippen molar-refractivity contribution in [2.24, 2.45) is 0 Å². The average molecular weight is 271 g/mol. The number of nitrogens with one attached hydrogen (secondary N) is 2. The minimum Gasteiger partial charge on any atom is -0.352 e. The maximum atomic E-state index is 11.9. The van der Waals surface area contributed by atoms with Crippen molar-refractivity contribution in [2.45, 2.75) is 66.0 Å². The topological polar surface area (TPSA) is 44.4 Å². The lowest BCUT2D eigenvalue weighted by atomic mass is 10.1. The van der Waals surface area contributed by atoms with E-state index in [1.807, 2.05) is 6.92 Å². The zero-order chi connectivity index (χ0) is 14.7. The molecule has 0 saturated carbocycles. The fraction of sp³-hybridized carbons (Fsp3) is 0.933. The minimum atomic E-state index is -0.0997.